The third-order valence-corrected chi connectivity index (χ3v) is 11.1. The summed E-state index contributed by atoms with van der Waals surface area (Å²) in [6, 6.07) is 9.24. The molecule has 0 radical (unpaired) electrons. The normalized spacial score (nSPS) is 18.3. The number of aromatic nitrogens is 1. The fraction of sp³-hybridized carbons (Fsp3) is 0.658. The molecule has 0 spiro atoms. The zero-order valence-electron chi connectivity index (χ0n) is 30.8. The number of hydrogen-bond acceptors (Lipinski definition) is 9. The first-order chi connectivity index (χ1) is 23.4. The third kappa shape index (κ3) is 11.7. The summed E-state index contributed by atoms with van der Waals surface area (Å²) in [6.07, 6.45) is 5.30. The molecule has 2 amide bonds. The molecule has 1 aliphatic rings. The van der Waals surface area contributed by atoms with Gasteiger partial charge in [0.15, 0.2) is 5.78 Å². The van der Waals surface area contributed by atoms with Crippen LogP contribution in [0.1, 0.15) is 106 Å². The molecule has 0 saturated carbocycles. The Labute approximate surface area is 297 Å². The molecule has 1 aromatic carbocycles. The molecule has 1 fully saturated rings. The zero-order chi connectivity index (χ0) is 36.1. The number of benzene rings is 1. The lowest BCUT2D eigenvalue weighted by Crippen LogP contribution is -2.48. The number of piperidine rings is 1. The maximum Gasteiger partial charge on any atom is 0.305 e. The molecule has 1 aromatic heterocycles. The maximum absolute atomic E-state index is 14.2. The van der Waals surface area contributed by atoms with Crippen molar-refractivity contribution in [3.8, 4) is 0 Å². The quantitative estimate of drug-likeness (QED) is 0.175. The smallest absolute Gasteiger partial charge is 0.305 e. The number of rotatable bonds is 19. The van der Waals surface area contributed by atoms with Crippen LogP contribution >= 0.6 is 11.3 Å². The highest BCUT2D eigenvalue weighted by atomic mass is 32.1. The van der Waals surface area contributed by atoms with Crippen LogP contribution in [0.25, 0.3) is 0 Å². The van der Waals surface area contributed by atoms with Crippen LogP contribution < -0.4 is 5.32 Å². The van der Waals surface area contributed by atoms with E-state index in [1.54, 1.807) is 12.5 Å². The number of hydrogen-bond donors (Lipinski definition) is 1. The third-order valence-electron chi connectivity index (χ3n) is 10.2. The maximum atomic E-state index is 14.2. The molecule has 11 heteroatoms. The van der Waals surface area contributed by atoms with Gasteiger partial charge in [-0.3, -0.25) is 24.1 Å². The lowest BCUT2D eigenvalue weighted by atomic mass is 9.83. The van der Waals surface area contributed by atoms with Gasteiger partial charge in [-0.05, 0) is 56.7 Å². The van der Waals surface area contributed by atoms with Gasteiger partial charge in [0.05, 0.1) is 13.2 Å². The Kier molecular flexibility index (Phi) is 16.3. The molecular weight excluding hydrogens is 641 g/mol. The molecule has 1 N–H and O–H groups in total. The average Bonchev–Trinajstić information content (AvgIpc) is 3.59. The van der Waals surface area contributed by atoms with Crippen LogP contribution in [-0.2, 0) is 30.3 Å². The molecule has 3 rings (SSSR count). The second kappa shape index (κ2) is 19.9. The first-order valence-corrected chi connectivity index (χ1v) is 18.7. The number of carbonyl (C=O) groups is 4. The fourth-order valence-corrected chi connectivity index (χ4v) is 7.68. The molecule has 0 bridgehead atoms. The van der Waals surface area contributed by atoms with Crippen LogP contribution in [-0.4, -0.2) is 91.3 Å². The van der Waals surface area contributed by atoms with Gasteiger partial charge in [-0.25, -0.2) is 4.98 Å². The van der Waals surface area contributed by atoms with E-state index in [-0.39, 0.29) is 72.1 Å². The molecule has 0 aliphatic carbocycles. The highest BCUT2D eigenvalue weighted by molar-refractivity contribution is 7.09. The Hall–Kier alpha value is -3.15. The van der Waals surface area contributed by atoms with Crippen molar-refractivity contribution in [2.24, 2.45) is 17.8 Å². The lowest BCUT2D eigenvalue weighted by Gasteiger charge is -2.37. The minimum Gasteiger partial charge on any atom is -0.469 e. The van der Waals surface area contributed by atoms with Crippen molar-refractivity contribution in [1.82, 2.24) is 20.1 Å². The molecule has 1 aliphatic heterocycles. The van der Waals surface area contributed by atoms with Gasteiger partial charge in [-0.15, -0.1) is 11.3 Å². The lowest BCUT2D eigenvalue weighted by molar-refractivity contribution is -0.143. The van der Waals surface area contributed by atoms with Crippen molar-refractivity contribution in [1.29, 1.82) is 0 Å². The number of likely N-dealkylation sites (tertiary alicyclic amines) is 1. The number of Topliss-reactive ketones (excluding diaryl/α,β-unsaturated/α-hetero) is 1. The van der Waals surface area contributed by atoms with Gasteiger partial charge >= 0.3 is 5.97 Å². The first kappa shape index (κ1) is 40.3. The van der Waals surface area contributed by atoms with Crippen LogP contribution in [0.4, 0.5) is 0 Å². The predicted molar refractivity (Wildman–Crippen MR) is 193 cm³/mol. The number of ether oxygens (including phenoxy) is 2. The standard InChI is InChI=1S/C38H58N4O6S/c1-9-26(4)29(22-33(43)31-17-13-14-20-41(31)5)38(46)42(6)32(25(2)3)23-34(47-7)37-40-30(24-49-37)36(45)39-28(18-19-35(44)48-8)21-27-15-11-10-12-16-27/h10-12,15-16,24-26,28-29,31-32,34H,9,13-14,17-23H2,1-8H3,(H,39,45)/t26-,28+,29-,31+,32+,34+/m0/s1. The van der Waals surface area contributed by atoms with E-state index < -0.39 is 12.0 Å². The number of nitrogens with one attached hydrogen (secondary N) is 1. The van der Waals surface area contributed by atoms with Crippen molar-refractivity contribution in [3.05, 3.63) is 52.0 Å². The van der Waals surface area contributed by atoms with Gasteiger partial charge in [0.1, 0.15) is 16.8 Å². The molecule has 2 heterocycles. The Morgan fingerprint density at radius 1 is 1.10 bits per heavy atom. The topological polar surface area (TPSA) is 118 Å². The molecule has 272 valence electrons. The Morgan fingerprint density at radius 3 is 2.43 bits per heavy atom. The van der Waals surface area contributed by atoms with E-state index in [0.29, 0.717) is 24.3 Å². The number of methoxy groups -OCH3 is 2. The minimum atomic E-state index is -0.437. The van der Waals surface area contributed by atoms with Crippen molar-refractivity contribution >= 4 is 34.9 Å². The molecule has 10 nitrogen and oxygen atoms in total. The van der Waals surface area contributed by atoms with Gasteiger partial charge in [0.2, 0.25) is 5.91 Å². The van der Waals surface area contributed by atoms with E-state index in [1.165, 1.54) is 18.4 Å². The van der Waals surface area contributed by atoms with Crippen LogP contribution in [0.2, 0.25) is 0 Å². The Bertz CT molecular complexity index is 1350. The number of amides is 2. The number of likely N-dealkylation sites (N-methyl/N-ethyl adjacent to an activating group) is 1. The SMILES string of the molecule is CC[C@H](C)[C@H](CC(=O)[C@H]1CCCCN1C)C(=O)N(C)[C@H](C[C@@H](OC)c1nc(C(=O)N[C@H](CCC(=O)OC)Cc2ccccc2)cs1)C(C)C. The zero-order valence-corrected chi connectivity index (χ0v) is 31.6. The van der Waals surface area contributed by atoms with Gasteiger partial charge in [0.25, 0.3) is 5.91 Å². The van der Waals surface area contributed by atoms with Crippen molar-refractivity contribution < 1.29 is 28.7 Å². The van der Waals surface area contributed by atoms with E-state index in [1.807, 2.05) is 49.3 Å². The summed E-state index contributed by atoms with van der Waals surface area (Å²) in [5, 5.41) is 5.45. The molecule has 2 aromatic rings. The van der Waals surface area contributed by atoms with Crippen LogP contribution in [0.15, 0.2) is 35.7 Å². The Balaban J connectivity index is 1.73. The predicted octanol–water partition coefficient (Wildman–Crippen LogP) is 6.10. The van der Waals surface area contributed by atoms with Gasteiger partial charge in [-0.1, -0.05) is 70.9 Å². The number of esters is 1. The van der Waals surface area contributed by atoms with E-state index >= 15 is 0 Å². The first-order valence-electron chi connectivity index (χ1n) is 17.8. The van der Waals surface area contributed by atoms with Crippen molar-refractivity contribution in [3.63, 3.8) is 0 Å². The van der Waals surface area contributed by atoms with Crippen molar-refractivity contribution in [2.75, 3.05) is 34.9 Å². The monoisotopic (exact) mass is 698 g/mol. The van der Waals surface area contributed by atoms with E-state index in [4.69, 9.17) is 9.47 Å². The summed E-state index contributed by atoms with van der Waals surface area (Å²) < 4.78 is 10.8. The second-order valence-corrected chi connectivity index (χ2v) is 14.8. The highest BCUT2D eigenvalue weighted by Gasteiger charge is 2.37. The molecule has 0 unspecified atom stereocenters. The van der Waals surface area contributed by atoms with Gasteiger partial charge in [0, 0.05) is 56.8 Å². The minimum absolute atomic E-state index is 0.00895. The summed E-state index contributed by atoms with van der Waals surface area (Å²) >= 11 is 1.35. The molecule has 1 saturated heterocycles. The number of carbonyl (C=O) groups excluding carboxylic acids is 4. The van der Waals surface area contributed by atoms with Crippen LogP contribution in [0.3, 0.4) is 0 Å². The highest BCUT2D eigenvalue weighted by Crippen LogP contribution is 2.32. The van der Waals surface area contributed by atoms with E-state index in [0.717, 1.165) is 37.8 Å². The van der Waals surface area contributed by atoms with Crippen LogP contribution in [0.5, 0.6) is 0 Å². The van der Waals surface area contributed by atoms with E-state index in [9.17, 15) is 19.2 Å². The summed E-state index contributed by atoms with van der Waals surface area (Å²) in [7, 11) is 6.83. The molecule has 6 atom stereocenters. The molecular formula is C38H58N4O6S. The fourth-order valence-electron chi connectivity index (χ4n) is 6.79. The van der Waals surface area contributed by atoms with Crippen molar-refractivity contribution in [2.45, 2.75) is 110 Å². The number of ketones is 1. The Morgan fingerprint density at radius 2 is 1.82 bits per heavy atom. The largest absolute Gasteiger partial charge is 0.469 e. The summed E-state index contributed by atoms with van der Waals surface area (Å²) in [4.78, 5) is 61.6. The average molecular weight is 699 g/mol. The van der Waals surface area contributed by atoms with E-state index in [2.05, 4.69) is 42.9 Å². The molecule has 49 heavy (non-hydrogen) atoms. The van der Waals surface area contributed by atoms with Crippen LogP contribution in [0, 0.1) is 17.8 Å². The number of thiazole rings is 1. The van der Waals surface area contributed by atoms with Gasteiger partial charge in [-0.2, -0.15) is 0 Å². The summed E-state index contributed by atoms with van der Waals surface area (Å²) in [5.74, 6) is -0.704. The summed E-state index contributed by atoms with van der Waals surface area (Å²) in [5.41, 5.74) is 1.34. The number of nitrogens with zero attached hydrogens (tertiary/aromatic N) is 3. The van der Waals surface area contributed by atoms with Gasteiger partial charge < -0.3 is 19.7 Å². The second-order valence-electron chi connectivity index (χ2n) is 13.9. The summed E-state index contributed by atoms with van der Waals surface area (Å²) in [6.45, 7) is 9.23.